The zero-order chi connectivity index (χ0) is 44.3. The first kappa shape index (κ1) is 59.0. The fourth-order valence-electron chi connectivity index (χ4n) is 7.60. The molecule has 0 saturated heterocycles. The van der Waals surface area contributed by atoms with Crippen LogP contribution in [0.1, 0.15) is 258 Å². The van der Waals surface area contributed by atoms with Crippen molar-refractivity contribution in [1.29, 1.82) is 0 Å². The maximum atomic E-state index is 12.7. The van der Waals surface area contributed by atoms with Gasteiger partial charge in [0, 0.05) is 12.8 Å². The van der Waals surface area contributed by atoms with E-state index >= 15 is 0 Å². The second-order valence-corrected chi connectivity index (χ2v) is 20.3. The molecule has 358 valence electrons. The molecule has 0 amide bonds. The first-order valence-electron chi connectivity index (χ1n) is 25.7. The van der Waals surface area contributed by atoms with Gasteiger partial charge in [-0.2, -0.15) is 0 Å². The standard InChI is InChI=1S/C50H100NO8P/c1-6-8-10-12-14-15-16-17-18-19-20-21-22-23-24-25-26-27-28-29-30-31-32-33-34-35-37-39-41-43-50(53)59-48(47-58-60(54,55)57-45-44-51(3,4)5)46-56-49(52)42-40-38-36-13-11-9-7-2/h48H,6-47H2,1-5H3. The molecule has 0 bridgehead atoms. The number of ether oxygens (including phenoxy) is 2. The van der Waals surface area contributed by atoms with Gasteiger partial charge in [0.1, 0.15) is 19.8 Å². The molecule has 0 aromatic heterocycles. The molecule has 0 rings (SSSR count). The van der Waals surface area contributed by atoms with E-state index in [1.54, 1.807) is 0 Å². The van der Waals surface area contributed by atoms with Crippen LogP contribution in [-0.4, -0.2) is 70.0 Å². The summed E-state index contributed by atoms with van der Waals surface area (Å²) >= 11 is 0. The minimum Gasteiger partial charge on any atom is -0.756 e. The number of likely N-dealkylation sites (N-methyl/N-ethyl adjacent to an activating group) is 1. The van der Waals surface area contributed by atoms with Gasteiger partial charge < -0.3 is 27.9 Å². The first-order chi connectivity index (χ1) is 29.0. The Morgan fingerprint density at radius 1 is 0.450 bits per heavy atom. The van der Waals surface area contributed by atoms with Crippen molar-refractivity contribution in [2.24, 2.45) is 0 Å². The Hall–Kier alpha value is -0.990. The largest absolute Gasteiger partial charge is 0.756 e. The lowest BCUT2D eigenvalue weighted by Crippen LogP contribution is -2.37. The van der Waals surface area contributed by atoms with Crippen molar-refractivity contribution in [1.82, 2.24) is 0 Å². The Balaban J connectivity index is 3.91. The van der Waals surface area contributed by atoms with Gasteiger partial charge >= 0.3 is 11.9 Å². The smallest absolute Gasteiger partial charge is 0.306 e. The maximum Gasteiger partial charge on any atom is 0.306 e. The zero-order valence-corrected chi connectivity index (χ0v) is 41.3. The van der Waals surface area contributed by atoms with Crippen LogP contribution < -0.4 is 4.89 Å². The molecule has 0 aliphatic heterocycles. The minimum absolute atomic E-state index is 0.0260. The highest BCUT2D eigenvalue weighted by molar-refractivity contribution is 7.45. The predicted molar refractivity (Wildman–Crippen MR) is 250 cm³/mol. The van der Waals surface area contributed by atoms with Crippen molar-refractivity contribution in [3.05, 3.63) is 0 Å². The third-order valence-electron chi connectivity index (χ3n) is 11.6. The van der Waals surface area contributed by atoms with Gasteiger partial charge in [0.2, 0.25) is 0 Å². The third kappa shape index (κ3) is 46.5. The highest BCUT2D eigenvalue weighted by Crippen LogP contribution is 2.38. The highest BCUT2D eigenvalue weighted by Gasteiger charge is 2.21. The molecule has 0 aromatic rings. The van der Waals surface area contributed by atoms with Gasteiger partial charge in [-0.15, -0.1) is 0 Å². The highest BCUT2D eigenvalue weighted by atomic mass is 31.2. The van der Waals surface area contributed by atoms with Crippen LogP contribution in [0.15, 0.2) is 0 Å². The summed E-state index contributed by atoms with van der Waals surface area (Å²) in [4.78, 5) is 37.4. The molecule has 0 aromatic carbocycles. The van der Waals surface area contributed by atoms with Crippen LogP contribution in [0, 0.1) is 0 Å². The van der Waals surface area contributed by atoms with Crippen molar-refractivity contribution in [2.75, 3.05) is 47.5 Å². The number of phosphoric ester groups is 1. The molecule has 0 fully saturated rings. The Kier molecular flexibility index (Phi) is 42.6. The van der Waals surface area contributed by atoms with Crippen LogP contribution in [0.5, 0.6) is 0 Å². The number of carbonyl (C=O) groups excluding carboxylic acids is 2. The van der Waals surface area contributed by atoms with Crippen molar-refractivity contribution < 1.29 is 42.1 Å². The SMILES string of the molecule is CCCCCCCCCCCCCCCCCCCCCCCCCCCCCCCC(=O)OC(COC(=O)CCCCCCCCC)COP(=O)([O-])OCC[N+](C)(C)C. The average Bonchev–Trinajstić information content (AvgIpc) is 3.20. The van der Waals surface area contributed by atoms with Gasteiger partial charge in [-0.25, -0.2) is 0 Å². The van der Waals surface area contributed by atoms with Crippen LogP contribution in [0.2, 0.25) is 0 Å². The van der Waals surface area contributed by atoms with E-state index in [0.29, 0.717) is 17.4 Å². The molecule has 0 N–H and O–H groups in total. The summed E-state index contributed by atoms with van der Waals surface area (Å²) in [7, 11) is 1.18. The molecule has 0 heterocycles. The summed E-state index contributed by atoms with van der Waals surface area (Å²) in [6.07, 6.45) is 46.1. The zero-order valence-electron chi connectivity index (χ0n) is 40.4. The van der Waals surface area contributed by atoms with Crippen molar-refractivity contribution in [2.45, 2.75) is 264 Å². The van der Waals surface area contributed by atoms with E-state index in [-0.39, 0.29) is 32.0 Å². The molecule has 0 aliphatic carbocycles. The Labute approximate surface area is 372 Å². The Morgan fingerprint density at radius 2 is 0.750 bits per heavy atom. The number of phosphoric acid groups is 1. The molecule has 0 saturated carbocycles. The number of carbonyl (C=O) groups is 2. The number of hydrogen-bond acceptors (Lipinski definition) is 8. The summed E-state index contributed by atoms with van der Waals surface area (Å²) in [5.74, 6) is -0.826. The lowest BCUT2D eigenvalue weighted by Gasteiger charge is -2.28. The number of hydrogen-bond donors (Lipinski definition) is 0. The van der Waals surface area contributed by atoms with E-state index in [2.05, 4.69) is 13.8 Å². The van der Waals surface area contributed by atoms with Crippen LogP contribution in [0.4, 0.5) is 0 Å². The molecule has 2 unspecified atom stereocenters. The fourth-order valence-corrected chi connectivity index (χ4v) is 8.33. The molecule has 0 spiro atoms. The van der Waals surface area contributed by atoms with E-state index in [0.717, 1.165) is 32.1 Å². The summed E-state index contributed by atoms with van der Waals surface area (Å²) in [6.45, 7) is 4.22. The number of unbranched alkanes of at least 4 members (excludes halogenated alkanes) is 34. The van der Waals surface area contributed by atoms with E-state index in [1.807, 2.05) is 21.1 Å². The van der Waals surface area contributed by atoms with Gasteiger partial charge in [0.05, 0.1) is 27.7 Å². The molecular weight excluding hydrogens is 774 g/mol. The quantitative estimate of drug-likeness (QED) is 0.0257. The summed E-state index contributed by atoms with van der Waals surface area (Å²) in [5, 5.41) is 0. The Morgan fingerprint density at radius 3 is 1.07 bits per heavy atom. The first-order valence-corrected chi connectivity index (χ1v) is 27.2. The van der Waals surface area contributed by atoms with Gasteiger partial charge in [-0.3, -0.25) is 14.2 Å². The van der Waals surface area contributed by atoms with Crippen molar-refractivity contribution >= 4 is 19.8 Å². The summed E-state index contributed by atoms with van der Waals surface area (Å²) < 4.78 is 33.8. The topological polar surface area (TPSA) is 111 Å². The maximum absolute atomic E-state index is 12.7. The van der Waals surface area contributed by atoms with E-state index < -0.39 is 26.5 Å². The van der Waals surface area contributed by atoms with Gasteiger partial charge in [-0.1, -0.05) is 232 Å². The van der Waals surface area contributed by atoms with Gasteiger partial charge in [-0.05, 0) is 12.8 Å². The molecule has 0 aliphatic rings. The number of esters is 2. The normalized spacial score (nSPS) is 13.4. The number of quaternary nitrogens is 1. The molecule has 0 radical (unpaired) electrons. The minimum atomic E-state index is -4.61. The summed E-state index contributed by atoms with van der Waals surface area (Å²) in [6, 6.07) is 0. The van der Waals surface area contributed by atoms with Crippen LogP contribution in [-0.2, 0) is 32.7 Å². The second-order valence-electron chi connectivity index (χ2n) is 18.9. The van der Waals surface area contributed by atoms with Crippen LogP contribution in [0.3, 0.4) is 0 Å². The monoisotopic (exact) mass is 874 g/mol. The van der Waals surface area contributed by atoms with E-state index in [9.17, 15) is 19.0 Å². The fraction of sp³-hybridized carbons (Fsp3) is 0.960. The van der Waals surface area contributed by atoms with Crippen molar-refractivity contribution in [3.63, 3.8) is 0 Å². The third-order valence-corrected chi connectivity index (χ3v) is 12.6. The molecule has 9 nitrogen and oxygen atoms in total. The summed E-state index contributed by atoms with van der Waals surface area (Å²) in [5.41, 5.74) is 0. The van der Waals surface area contributed by atoms with E-state index in [4.69, 9.17) is 18.5 Å². The van der Waals surface area contributed by atoms with E-state index in [1.165, 1.54) is 193 Å². The van der Waals surface area contributed by atoms with Crippen molar-refractivity contribution in [3.8, 4) is 0 Å². The number of nitrogens with zero attached hydrogens (tertiary/aromatic N) is 1. The molecular formula is C50H100NO8P. The predicted octanol–water partition coefficient (Wildman–Crippen LogP) is 14.5. The molecule has 2 atom stereocenters. The van der Waals surface area contributed by atoms with Gasteiger partial charge in [0.15, 0.2) is 6.10 Å². The Bertz CT molecular complexity index is 990. The molecule has 10 heteroatoms. The van der Waals surface area contributed by atoms with Crippen LogP contribution in [0.25, 0.3) is 0 Å². The average molecular weight is 874 g/mol. The lowest BCUT2D eigenvalue weighted by atomic mass is 10.0. The van der Waals surface area contributed by atoms with Gasteiger partial charge in [0.25, 0.3) is 7.82 Å². The second kappa shape index (κ2) is 43.3. The number of rotatable bonds is 48. The molecule has 60 heavy (non-hydrogen) atoms. The lowest BCUT2D eigenvalue weighted by molar-refractivity contribution is -0.870. The van der Waals surface area contributed by atoms with Crippen LogP contribution >= 0.6 is 7.82 Å².